The number of aliphatic hydroxyl groups excluding tert-OH is 1. The number of aliphatic hydroxyl groups is 1. The molecule has 0 aliphatic carbocycles. The number of benzene rings is 1. The molecule has 1 aromatic carbocycles. The normalized spacial score (nSPS) is 11.2. The summed E-state index contributed by atoms with van der Waals surface area (Å²) in [7, 11) is -3.21. The van der Waals surface area contributed by atoms with Crippen molar-refractivity contribution in [3.8, 4) is 11.8 Å². The summed E-state index contributed by atoms with van der Waals surface area (Å²) in [6.07, 6.45) is 0.658. The van der Waals surface area contributed by atoms with Crippen LogP contribution in [0.5, 0.6) is 0 Å². The summed E-state index contributed by atoms with van der Waals surface area (Å²) in [5.74, 6) is 5.88. The number of nitrogens with one attached hydrogen (secondary N) is 1. The number of hydrogen-bond acceptors (Lipinski definition) is 3. The summed E-state index contributed by atoms with van der Waals surface area (Å²) in [4.78, 5) is 0. The van der Waals surface area contributed by atoms with Crippen LogP contribution in [0.1, 0.15) is 31.4 Å². The first kappa shape index (κ1) is 16.7. The zero-order valence-corrected chi connectivity index (χ0v) is 12.7. The predicted molar refractivity (Wildman–Crippen MR) is 80.5 cm³/mol. The molecule has 0 unspecified atom stereocenters. The van der Waals surface area contributed by atoms with Crippen molar-refractivity contribution in [2.24, 2.45) is 5.92 Å². The second kappa shape index (κ2) is 8.05. The number of hydrogen-bond donors (Lipinski definition) is 2. The van der Waals surface area contributed by atoms with Crippen LogP contribution in [0, 0.1) is 17.8 Å². The van der Waals surface area contributed by atoms with Crippen LogP contribution in [0.2, 0.25) is 0 Å². The fourth-order valence-electron chi connectivity index (χ4n) is 1.50. The van der Waals surface area contributed by atoms with Gasteiger partial charge in [-0.15, -0.1) is 0 Å². The minimum absolute atomic E-state index is 0.157. The Kier molecular flexibility index (Phi) is 6.73. The molecule has 4 nitrogen and oxygen atoms in total. The van der Waals surface area contributed by atoms with Crippen LogP contribution >= 0.6 is 0 Å². The van der Waals surface area contributed by atoms with E-state index in [2.05, 4.69) is 16.6 Å². The molecular weight excluding hydrogens is 274 g/mol. The standard InChI is InChI=1S/C15H21NO3S/c1-13(2)9-11-20(18,19)16-12-15-7-5-14(6-8-15)4-3-10-17/h5-8,13,16-17H,9-12H2,1-2H3. The van der Waals surface area contributed by atoms with E-state index in [0.717, 1.165) is 11.1 Å². The topological polar surface area (TPSA) is 66.4 Å². The van der Waals surface area contributed by atoms with Crippen molar-refractivity contribution in [2.45, 2.75) is 26.8 Å². The van der Waals surface area contributed by atoms with Crippen LogP contribution in [-0.2, 0) is 16.6 Å². The maximum Gasteiger partial charge on any atom is 0.211 e. The van der Waals surface area contributed by atoms with Crippen molar-refractivity contribution in [1.82, 2.24) is 4.72 Å². The average Bonchev–Trinajstić information content (AvgIpc) is 2.42. The van der Waals surface area contributed by atoms with Gasteiger partial charge in [-0.1, -0.05) is 37.8 Å². The molecule has 0 amide bonds. The molecule has 0 fully saturated rings. The first-order valence-electron chi connectivity index (χ1n) is 6.59. The molecule has 0 saturated carbocycles. The summed E-state index contributed by atoms with van der Waals surface area (Å²) >= 11 is 0. The van der Waals surface area contributed by atoms with Gasteiger partial charge in [0, 0.05) is 12.1 Å². The highest BCUT2D eigenvalue weighted by atomic mass is 32.2. The van der Waals surface area contributed by atoms with Gasteiger partial charge in [-0.3, -0.25) is 0 Å². The van der Waals surface area contributed by atoms with E-state index in [1.807, 2.05) is 26.0 Å². The Bertz CT molecular complexity index is 565. The molecule has 0 saturated heterocycles. The number of rotatable bonds is 6. The first-order valence-corrected chi connectivity index (χ1v) is 8.24. The molecule has 0 radical (unpaired) electrons. The second-order valence-electron chi connectivity index (χ2n) is 4.98. The molecule has 0 atom stereocenters. The fourth-order valence-corrected chi connectivity index (χ4v) is 2.82. The molecule has 0 spiro atoms. The van der Waals surface area contributed by atoms with Crippen molar-refractivity contribution >= 4 is 10.0 Å². The van der Waals surface area contributed by atoms with Crippen molar-refractivity contribution in [1.29, 1.82) is 0 Å². The molecule has 2 N–H and O–H groups in total. The van der Waals surface area contributed by atoms with Gasteiger partial charge in [-0.25, -0.2) is 13.1 Å². The zero-order valence-electron chi connectivity index (χ0n) is 11.9. The summed E-state index contributed by atoms with van der Waals surface area (Å²) in [6.45, 7) is 4.12. The van der Waals surface area contributed by atoms with Crippen LogP contribution in [0.4, 0.5) is 0 Å². The zero-order chi connectivity index (χ0) is 15.0. The third-order valence-electron chi connectivity index (χ3n) is 2.73. The Morgan fingerprint density at radius 3 is 2.45 bits per heavy atom. The van der Waals surface area contributed by atoms with Crippen LogP contribution in [0.15, 0.2) is 24.3 Å². The van der Waals surface area contributed by atoms with E-state index in [-0.39, 0.29) is 18.9 Å². The summed E-state index contributed by atoms with van der Waals surface area (Å²) in [5.41, 5.74) is 1.68. The van der Waals surface area contributed by atoms with Gasteiger partial charge in [0.2, 0.25) is 10.0 Å². The minimum Gasteiger partial charge on any atom is -0.384 e. The maximum atomic E-state index is 11.8. The quantitative estimate of drug-likeness (QED) is 0.782. The van der Waals surface area contributed by atoms with Crippen LogP contribution in [0.3, 0.4) is 0 Å². The minimum atomic E-state index is -3.21. The summed E-state index contributed by atoms with van der Waals surface area (Å²) in [5, 5.41) is 8.60. The van der Waals surface area contributed by atoms with Gasteiger partial charge in [-0.05, 0) is 30.0 Å². The number of sulfonamides is 1. The Balaban J connectivity index is 2.53. The van der Waals surface area contributed by atoms with Gasteiger partial charge in [-0.2, -0.15) is 0 Å². The van der Waals surface area contributed by atoms with Crippen molar-refractivity contribution in [2.75, 3.05) is 12.4 Å². The predicted octanol–water partition coefficient (Wildman–Crippen LogP) is 1.50. The van der Waals surface area contributed by atoms with E-state index in [4.69, 9.17) is 5.11 Å². The molecule has 0 aliphatic heterocycles. The summed E-state index contributed by atoms with van der Waals surface area (Å²) in [6, 6.07) is 7.26. The molecule has 5 heteroatoms. The SMILES string of the molecule is CC(C)CCS(=O)(=O)NCc1ccc(C#CCO)cc1. The molecule has 1 aromatic rings. The van der Waals surface area contributed by atoms with Gasteiger partial charge in [0.1, 0.15) is 6.61 Å². The fraction of sp³-hybridized carbons (Fsp3) is 0.467. The largest absolute Gasteiger partial charge is 0.384 e. The van der Waals surface area contributed by atoms with Gasteiger partial charge in [0.05, 0.1) is 5.75 Å². The van der Waals surface area contributed by atoms with Crippen molar-refractivity contribution < 1.29 is 13.5 Å². The Morgan fingerprint density at radius 2 is 1.90 bits per heavy atom. The lowest BCUT2D eigenvalue weighted by molar-refractivity contribution is 0.350. The molecular formula is C15H21NO3S. The third-order valence-corrected chi connectivity index (χ3v) is 4.08. The Hall–Kier alpha value is -1.35. The molecule has 110 valence electrons. The molecule has 0 heterocycles. The highest BCUT2D eigenvalue weighted by Gasteiger charge is 2.10. The third kappa shape index (κ3) is 6.71. The van der Waals surface area contributed by atoms with Crippen LogP contribution in [0.25, 0.3) is 0 Å². The lowest BCUT2D eigenvalue weighted by atomic mass is 10.1. The molecule has 0 aromatic heterocycles. The monoisotopic (exact) mass is 295 g/mol. The van der Waals surface area contributed by atoms with Crippen molar-refractivity contribution in [3.63, 3.8) is 0 Å². The first-order chi connectivity index (χ1) is 9.43. The van der Waals surface area contributed by atoms with E-state index in [1.54, 1.807) is 12.1 Å². The van der Waals surface area contributed by atoms with Crippen LogP contribution in [-0.4, -0.2) is 25.9 Å². The Morgan fingerprint density at radius 1 is 1.25 bits per heavy atom. The average molecular weight is 295 g/mol. The van der Waals surface area contributed by atoms with E-state index < -0.39 is 10.0 Å². The highest BCUT2D eigenvalue weighted by Crippen LogP contribution is 2.05. The van der Waals surface area contributed by atoms with Gasteiger partial charge in [0.25, 0.3) is 0 Å². The van der Waals surface area contributed by atoms with Gasteiger partial charge < -0.3 is 5.11 Å². The van der Waals surface area contributed by atoms with E-state index >= 15 is 0 Å². The highest BCUT2D eigenvalue weighted by molar-refractivity contribution is 7.89. The van der Waals surface area contributed by atoms with Gasteiger partial charge in [0.15, 0.2) is 0 Å². The molecule has 20 heavy (non-hydrogen) atoms. The van der Waals surface area contributed by atoms with Gasteiger partial charge >= 0.3 is 0 Å². The van der Waals surface area contributed by atoms with E-state index in [1.165, 1.54) is 0 Å². The second-order valence-corrected chi connectivity index (χ2v) is 6.91. The van der Waals surface area contributed by atoms with E-state index in [0.29, 0.717) is 12.3 Å². The van der Waals surface area contributed by atoms with Crippen LogP contribution < -0.4 is 4.72 Å². The lowest BCUT2D eigenvalue weighted by Crippen LogP contribution is -2.26. The molecule has 0 bridgehead atoms. The summed E-state index contributed by atoms with van der Waals surface area (Å²) < 4.78 is 26.1. The van der Waals surface area contributed by atoms with E-state index in [9.17, 15) is 8.42 Å². The Labute approximate surface area is 121 Å². The lowest BCUT2D eigenvalue weighted by Gasteiger charge is -2.08. The molecule has 0 aliphatic rings. The van der Waals surface area contributed by atoms with Crippen molar-refractivity contribution in [3.05, 3.63) is 35.4 Å². The smallest absolute Gasteiger partial charge is 0.211 e. The maximum absolute atomic E-state index is 11.8. The molecule has 1 rings (SSSR count).